The maximum Gasteiger partial charge on any atom is 0.414 e. The SMILES string of the molecule is CC(=O)NCC1CN(c2ccc(-c3ccc(CNCc4c[nH]c(=O)[nH]c4=O)cc3)c(F)c2)C(=O)O1. The molecule has 0 spiro atoms. The maximum atomic E-state index is 14.9. The summed E-state index contributed by atoms with van der Waals surface area (Å²) in [6.07, 6.45) is 0.278. The van der Waals surface area contributed by atoms with Crippen LogP contribution in [0, 0.1) is 5.82 Å². The second kappa shape index (κ2) is 10.3. The van der Waals surface area contributed by atoms with Gasteiger partial charge < -0.3 is 20.4 Å². The van der Waals surface area contributed by atoms with Gasteiger partial charge in [-0.05, 0) is 29.3 Å². The smallest absolute Gasteiger partial charge is 0.414 e. The molecule has 2 aromatic carbocycles. The first-order valence-electron chi connectivity index (χ1n) is 10.9. The zero-order valence-electron chi connectivity index (χ0n) is 18.9. The fourth-order valence-electron chi connectivity index (χ4n) is 3.71. The summed E-state index contributed by atoms with van der Waals surface area (Å²) in [4.78, 5) is 52.0. The predicted molar refractivity (Wildman–Crippen MR) is 126 cm³/mol. The van der Waals surface area contributed by atoms with Crippen LogP contribution in [0.2, 0.25) is 0 Å². The molecule has 0 radical (unpaired) electrons. The molecule has 0 bridgehead atoms. The van der Waals surface area contributed by atoms with Crippen molar-refractivity contribution in [2.45, 2.75) is 26.1 Å². The Morgan fingerprint density at radius 2 is 1.91 bits per heavy atom. The van der Waals surface area contributed by atoms with E-state index in [0.29, 0.717) is 28.9 Å². The van der Waals surface area contributed by atoms with Crippen LogP contribution in [-0.4, -0.2) is 41.2 Å². The first kappa shape index (κ1) is 23.9. The van der Waals surface area contributed by atoms with Gasteiger partial charge in [0, 0.05) is 37.3 Å². The van der Waals surface area contributed by atoms with Crippen LogP contribution in [0.1, 0.15) is 18.1 Å². The second-order valence-corrected chi connectivity index (χ2v) is 8.12. The monoisotopic (exact) mass is 481 g/mol. The van der Waals surface area contributed by atoms with Crippen LogP contribution in [0.4, 0.5) is 14.9 Å². The molecular formula is C24H24FN5O5. The third-order valence-corrected chi connectivity index (χ3v) is 5.52. The zero-order valence-corrected chi connectivity index (χ0v) is 18.9. The molecule has 11 heteroatoms. The van der Waals surface area contributed by atoms with Crippen molar-refractivity contribution < 1.29 is 18.7 Å². The number of benzene rings is 2. The molecule has 4 N–H and O–H groups in total. The molecule has 1 aromatic heterocycles. The minimum Gasteiger partial charge on any atom is -0.442 e. The minimum absolute atomic E-state index is 0.195. The number of amides is 2. The van der Waals surface area contributed by atoms with E-state index in [0.717, 1.165) is 5.56 Å². The Bertz CT molecular complexity index is 1350. The van der Waals surface area contributed by atoms with Crippen molar-refractivity contribution in [3.05, 3.63) is 86.4 Å². The van der Waals surface area contributed by atoms with Gasteiger partial charge in [0.2, 0.25) is 5.91 Å². The average Bonchev–Trinajstić information content (AvgIpc) is 3.20. The van der Waals surface area contributed by atoms with Gasteiger partial charge in [-0.15, -0.1) is 0 Å². The summed E-state index contributed by atoms with van der Waals surface area (Å²) in [7, 11) is 0. The van der Waals surface area contributed by atoms with Gasteiger partial charge in [-0.25, -0.2) is 14.0 Å². The Morgan fingerprint density at radius 1 is 1.14 bits per heavy atom. The molecule has 182 valence electrons. The number of halogens is 1. The van der Waals surface area contributed by atoms with Crippen LogP contribution >= 0.6 is 0 Å². The van der Waals surface area contributed by atoms with Gasteiger partial charge in [0.1, 0.15) is 11.9 Å². The lowest BCUT2D eigenvalue weighted by atomic mass is 10.0. The van der Waals surface area contributed by atoms with E-state index in [1.54, 1.807) is 24.3 Å². The first-order chi connectivity index (χ1) is 16.8. The summed E-state index contributed by atoms with van der Waals surface area (Å²) in [6, 6.07) is 11.8. The molecule has 2 heterocycles. The summed E-state index contributed by atoms with van der Waals surface area (Å²) in [5, 5.41) is 5.72. The fraction of sp³-hybridized carbons (Fsp3) is 0.250. The molecule has 2 amide bonds. The standard InChI is InChI=1S/C24H24FN5O5/c1-14(31)27-12-19-13-30(24(34)35-19)18-6-7-20(21(25)8-18)16-4-2-15(3-5-16)9-26-10-17-11-28-23(33)29-22(17)32/h2-8,11,19,26H,9-10,12-13H2,1H3,(H,27,31)(H2,28,29,32,33). The van der Waals surface area contributed by atoms with E-state index in [2.05, 4.69) is 20.6 Å². The van der Waals surface area contributed by atoms with Gasteiger partial charge in [-0.3, -0.25) is 19.5 Å². The van der Waals surface area contributed by atoms with Crippen molar-refractivity contribution in [3.8, 4) is 11.1 Å². The van der Waals surface area contributed by atoms with E-state index in [1.165, 1.54) is 24.1 Å². The van der Waals surface area contributed by atoms with Crippen molar-refractivity contribution in [1.29, 1.82) is 0 Å². The van der Waals surface area contributed by atoms with Crippen molar-refractivity contribution in [2.24, 2.45) is 0 Å². The molecule has 3 aromatic rings. The van der Waals surface area contributed by atoms with Crippen LogP contribution in [0.15, 0.2) is 58.3 Å². The zero-order chi connectivity index (χ0) is 24.9. The van der Waals surface area contributed by atoms with Crippen molar-refractivity contribution in [1.82, 2.24) is 20.6 Å². The Morgan fingerprint density at radius 3 is 2.60 bits per heavy atom. The number of nitrogens with zero attached hydrogens (tertiary/aromatic N) is 1. The Labute approximate surface area is 199 Å². The van der Waals surface area contributed by atoms with E-state index < -0.39 is 29.3 Å². The second-order valence-electron chi connectivity index (χ2n) is 8.12. The number of cyclic esters (lactones) is 1. The van der Waals surface area contributed by atoms with Crippen LogP contribution in [0.5, 0.6) is 0 Å². The molecule has 4 rings (SSSR count). The molecule has 1 saturated heterocycles. The van der Waals surface area contributed by atoms with Crippen molar-refractivity contribution >= 4 is 17.7 Å². The van der Waals surface area contributed by atoms with Crippen LogP contribution in [0.3, 0.4) is 0 Å². The summed E-state index contributed by atoms with van der Waals surface area (Å²) in [6.45, 7) is 2.53. The van der Waals surface area contributed by atoms with E-state index in [4.69, 9.17) is 4.74 Å². The highest BCUT2D eigenvalue weighted by atomic mass is 19.1. The highest BCUT2D eigenvalue weighted by molar-refractivity contribution is 5.90. The van der Waals surface area contributed by atoms with Crippen molar-refractivity contribution in [3.63, 3.8) is 0 Å². The van der Waals surface area contributed by atoms with Crippen LogP contribution in [0.25, 0.3) is 11.1 Å². The first-order valence-corrected chi connectivity index (χ1v) is 10.9. The number of hydrogen-bond acceptors (Lipinski definition) is 6. The molecule has 35 heavy (non-hydrogen) atoms. The topological polar surface area (TPSA) is 136 Å². The lowest BCUT2D eigenvalue weighted by molar-refractivity contribution is -0.119. The predicted octanol–water partition coefficient (Wildman–Crippen LogP) is 1.62. The lowest BCUT2D eigenvalue weighted by Crippen LogP contribution is -2.33. The van der Waals surface area contributed by atoms with E-state index >= 15 is 0 Å². The molecule has 10 nitrogen and oxygen atoms in total. The quantitative estimate of drug-likeness (QED) is 0.386. The molecule has 1 atom stereocenters. The number of aromatic nitrogens is 2. The summed E-state index contributed by atoms with van der Waals surface area (Å²) in [5.41, 5.74) is 1.77. The van der Waals surface area contributed by atoms with Gasteiger partial charge in [0.25, 0.3) is 5.56 Å². The summed E-state index contributed by atoms with van der Waals surface area (Å²) >= 11 is 0. The van der Waals surface area contributed by atoms with Gasteiger partial charge in [-0.2, -0.15) is 0 Å². The molecule has 0 saturated carbocycles. The number of H-pyrrole nitrogens is 2. The Kier molecular flexibility index (Phi) is 7.06. The largest absolute Gasteiger partial charge is 0.442 e. The van der Waals surface area contributed by atoms with Gasteiger partial charge in [-0.1, -0.05) is 24.3 Å². The van der Waals surface area contributed by atoms with E-state index in [9.17, 15) is 23.6 Å². The van der Waals surface area contributed by atoms with Gasteiger partial charge in [0.05, 0.1) is 18.8 Å². The van der Waals surface area contributed by atoms with Crippen molar-refractivity contribution in [2.75, 3.05) is 18.0 Å². The number of carbonyl (C=O) groups excluding carboxylic acids is 2. The third kappa shape index (κ3) is 5.82. The number of nitrogens with one attached hydrogen (secondary N) is 4. The number of rotatable bonds is 8. The molecule has 1 unspecified atom stereocenters. The number of ether oxygens (including phenoxy) is 1. The Balaban J connectivity index is 1.38. The molecular weight excluding hydrogens is 457 g/mol. The maximum absolute atomic E-state index is 14.9. The lowest BCUT2D eigenvalue weighted by Gasteiger charge is -2.15. The molecule has 0 aliphatic carbocycles. The Hall–Kier alpha value is -4.25. The molecule has 1 aliphatic rings. The highest BCUT2D eigenvalue weighted by Crippen LogP contribution is 2.29. The van der Waals surface area contributed by atoms with Gasteiger partial charge in [0.15, 0.2) is 0 Å². The molecule has 1 aliphatic heterocycles. The molecule has 1 fully saturated rings. The average molecular weight is 481 g/mol. The number of carbonyl (C=O) groups is 2. The fourth-order valence-corrected chi connectivity index (χ4v) is 3.71. The highest BCUT2D eigenvalue weighted by Gasteiger charge is 2.32. The minimum atomic E-state index is -0.590. The third-order valence-electron chi connectivity index (χ3n) is 5.52. The number of aromatic amines is 2. The summed E-state index contributed by atoms with van der Waals surface area (Å²) < 4.78 is 20.1. The van der Waals surface area contributed by atoms with Crippen LogP contribution in [-0.2, 0) is 22.6 Å². The number of hydrogen-bond donors (Lipinski definition) is 4. The van der Waals surface area contributed by atoms with Gasteiger partial charge >= 0.3 is 11.8 Å². The summed E-state index contributed by atoms with van der Waals surface area (Å²) in [5.74, 6) is -0.704. The normalized spacial score (nSPS) is 15.2. The van der Waals surface area contributed by atoms with Crippen LogP contribution < -0.4 is 26.8 Å². The van der Waals surface area contributed by atoms with E-state index in [1.807, 2.05) is 12.1 Å². The number of anilines is 1. The van der Waals surface area contributed by atoms with E-state index in [-0.39, 0.29) is 25.5 Å².